The maximum atomic E-state index is 12.1. The van der Waals surface area contributed by atoms with Crippen LogP contribution in [0.15, 0.2) is 66.9 Å². The highest BCUT2D eigenvalue weighted by Gasteiger charge is 2.28. The lowest BCUT2D eigenvalue weighted by Crippen LogP contribution is -2.26. The molecule has 0 saturated heterocycles. The Morgan fingerprint density at radius 3 is 2.43 bits per heavy atom. The average Bonchev–Trinajstić information content (AvgIpc) is 3.11. The van der Waals surface area contributed by atoms with Crippen molar-refractivity contribution in [2.45, 2.75) is 12.3 Å². The normalized spacial score (nSPS) is 11.6. The molecular formula is C25H22N2O3. The number of nitrogens with one attached hydrogen (secondary N) is 1. The van der Waals surface area contributed by atoms with E-state index in [0.29, 0.717) is 31.0 Å². The molecule has 0 aliphatic heterocycles. The molecule has 0 saturated carbocycles. The van der Waals surface area contributed by atoms with E-state index in [0.717, 1.165) is 0 Å². The van der Waals surface area contributed by atoms with Crippen LogP contribution in [0.2, 0.25) is 0 Å². The van der Waals surface area contributed by atoms with Gasteiger partial charge >= 0.3 is 6.09 Å². The molecule has 1 aliphatic rings. The summed E-state index contributed by atoms with van der Waals surface area (Å²) in [6.07, 6.45) is 1.72. The zero-order chi connectivity index (χ0) is 20.8. The van der Waals surface area contributed by atoms with Crippen LogP contribution in [0.5, 0.6) is 5.75 Å². The molecule has 0 bridgehead atoms. The third kappa shape index (κ3) is 4.13. The van der Waals surface area contributed by atoms with Gasteiger partial charge in [-0.1, -0.05) is 54.5 Å². The van der Waals surface area contributed by atoms with Gasteiger partial charge in [-0.3, -0.25) is 0 Å². The van der Waals surface area contributed by atoms with Gasteiger partial charge in [0, 0.05) is 25.1 Å². The number of amides is 1. The molecule has 2 aromatic carbocycles. The van der Waals surface area contributed by atoms with Crippen molar-refractivity contribution in [2.75, 3.05) is 20.3 Å². The van der Waals surface area contributed by atoms with E-state index in [9.17, 15) is 4.79 Å². The predicted molar refractivity (Wildman–Crippen MR) is 115 cm³/mol. The van der Waals surface area contributed by atoms with E-state index in [1.807, 2.05) is 30.3 Å². The minimum absolute atomic E-state index is 0.0551. The van der Waals surface area contributed by atoms with E-state index < -0.39 is 6.09 Å². The molecule has 150 valence electrons. The Labute approximate surface area is 176 Å². The van der Waals surface area contributed by atoms with Gasteiger partial charge in [-0.05, 0) is 40.3 Å². The number of methoxy groups -OCH3 is 1. The van der Waals surface area contributed by atoms with E-state index >= 15 is 0 Å². The topological polar surface area (TPSA) is 60.5 Å². The van der Waals surface area contributed by atoms with Crippen LogP contribution in [0.3, 0.4) is 0 Å². The SMILES string of the molecule is COc1cccnc1C#CCCNC(=O)OCC1c2ccccc2-c2ccccc21. The van der Waals surface area contributed by atoms with Gasteiger partial charge in [0.25, 0.3) is 0 Å². The van der Waals surface area contributed by atoms with Gasteiger partial charge in [-0.25, -0.2) is 9.78 Å². The second kappa shape index (κ2) is 9.15. The first-order chi connectivity index (χ1) is 14.8. The first-order valence-electron chi connectivity index (χ1n) is 9.84. The number of pyridine rings is 1. The number of carbonyl (C=O) groups is 1. The fourth-order valence-electron chi connectivity index (χ4n) is 3.67. The minimum atomic E-state index is -0.436. The Bertz CT molecular complexity index is 1070. The third-order valence-corrected chi connectivity index (χ3v) is 5.06. The van der Waals surface area contributed by atoms with E-state index in [2.05, 4.69) is 46.4 Å². The van der Waals surface area contributed by atoms with Crippen LogP contribution in [0.4, 0.5) is 4.79 Å². The molecule has 0 unspecified atom stereocenters. The maximum absolute atomic E-state index is 12.1. The zero-order valence-electron chi connectivity index (χ0n) is 16.7. The Kier molecular flexibility index (Phi) is 5.95. The van der Waals surface area contributed by atoms with E-state index in [4.69, 9.17) is 9.47 Å². The van der Waals surface area contributed by atoms with Crippen LogP contribution in [0.25, 0.3) is 11.1 Å². The molecule has 5 heteroatoms. The molecule has 0 radical (unpaired) electrons. The number of rotatable bonds is 5. The van der Waals surface area contributed by atoms with Crippen LogP contribution in [0.1, 0.15) is 29.2 Å². The molecule has 1 heterocycles. The summed E-state index contributed by atoms with van der Waals surface area (Å²) >= 11 is 0. The summed E-state index contributed by atoms with van der Waals surface area (Å²) in [5.41, 5.74) is 5.40. The van der Waals surface area contributed by atoms with Gasteiger partial charge in [0.1, 0.15) is 6.61 Å². The molecule has 30 heavy (non-hydrogen) atoms. The van der Waals surface area contributed by atoms with Crippen LogP contribution >= 0.6 is 0 Å². The van der Waals surface area contributed by atoms with Crippen molar-refractivity contribution in [1.29, 1.82) is 0 Å². The zero-order valence-corrected chi connectivity index (χ0v) is 16.7. The number of aromatic nitrogens is 1. The summed E-state index contributed by atoms with van der Waals surface area (Å²) in [6.45, 7) is 0.704. The monoisotopic (exact) mass is 398 g/mol. The van der Waals surface area contributed by atoms with Crippen molar-refractivity contribution in [3.8, 4) is 28.7 Å². The summed E-state index contributed by atoms with van der Waals surface area (Å²) < 4.78 is 10.7. The number of nitrogens with zero attached hydrogens (tertiary/aromatic N) is 1. The van der Waals surface area contributed by atoms with Crippen molar-refractivity contribution in [3.05, 3.63) is 83.7 Å². The lowest BCUT2D eigenvalue weighted by molar-refractivity contribution is 0.143. The molecule has 1 N–H and O–H groups in total. The Morgan fingerprint density at radius 2 is 1.73 bits per heavy atom. The van der Waals surface area contributed by atoms with Gasteiger partial charge in [0.2, 0.25) is 0 Å². The summed E-state index contributed by atoms with van der Waals surface area (Å²) in [5, 5.41) is 2.75. The molecule has 0 spiro atoms. The standard InChI is InChI=1S/C25H22N2O3/c1-29-24-14-8-16-26-23(24)13-6-7-15-27-25(28)30-17-22-20-11-4-2-9-18(20)19-10-3-5-12-21(19)22/h2-5,8-12,14,16,22H,7,15,17H2,1H3,(H,27,28). The quantitative estimate of drug-likeness (QED) is 0.512. The number of carbonyl (C=O) groups excluding carboxylic acids is 1. The highest BCUT2D eigenvalue weighted by atomic mass is 16.5. The van der Waals surface area contributed by atoms with Crippen LogP contribution < -0.4 is 10.1 Å². The Morgan fingerprint density at radius 1 is 1.03 bits per heavy atom. The number of hydrogen-bond donors (Lipinski definition) is 1. The van der Waals surface area contributed by atoms with Gasteiger partial charge in [-0.15, -0.1) is 0 Å². The number of ether oxygens (including phenoxy) is 2. The van der Waals surface area contributed by atoms with Gasteiger partial charge in [-0.2, -0.15) is 0 Å². The molecule has 1 aromatic heterocycles. The minimum Gasteiger partial charge on any atom is -0.494 e. The summed E-state index contributed by atoms with van der Waals surface area (Å²) in [6, 6.07) is 20.1. The van der Waals surface area contributed by atoms with Gasteiger partial charge in [0.05, 0.1) is 7.11 Å². The smallest absolute Gasteiger partial charge is 0.407 e. The molecule has 0 fully saturated rings. The molecule has 1 amide bonds. The number of benzene rings is 2. The Hall–Kier alpha value is -3.78. The van der Waals surface area contributed by atoms with E-state index in [1.165, 1.54) is 22.3 Å². The van der Waals surface area contributed by atoms with Crippen molar-refractivity contribution in [1.82, 2.24) is 10.3 Å². The second-order valence-corrected chi connectivity index (χ2v) is 6.86. The molecular weight excluding hydrogens is 376 g/mol. The molecule has 0 atom stereocenters. The van der Waals surface area contributed by atoms with Gasteiger partial charge in [0.15, 0.2) is 11.4 Å². The average molecular weight is 398 g/mol. The molecule has 4 rings (SSSR count). The molecule has 5 nitrogen and oxygen atoms in total. The fourth-order valence-corrected chi connectivity index (χ4v) is 3.67. The first-order valence-corrected chi connectivity index (χ1v) is 9.84. The number of hydrogen-bond acceptors (Lipinski definition) is 4. The van der Waals surface area contributed by atoms with Crippen molar-refractivity contribution >= 4 is 6.09 Å². The second-order valence-electron chi connectivity index (χ2n) is 6.86. The van der Waals surface area contributed by atoms with Crippen molar-refractivity contribution in [3.63, 3.8) is 0 Å². The summed E-state index contributed by atoms with van der Waals surface area (Å²) in [7, 11) is 1.58. The lowest BCUT2D eigenvalue weighted by atomic mass is 9.98. The maximum Gasteiger partial charge on any atom is 0.407 e. The lowest BCUT2D eigenvalue weighted by Gasteiger charge is -2.14. The largest absolute Gasteiger partial charge is 0.494 e. The van der Waals surface area contributed by atoms with Crippen molar-refractivity contribution in [2.24, 2.45) is 0 Å². The first kappa shape index (κ1) is 19.5. The Balaban J connectivity index is 1.29. The van der Waals surface area contributed by atoms with Gasteiger partial charge < -0.3 is 14.8 Å². The summed E-state index contributed by atoms with van der Waals surface area (Å²) in [5.74, 6) is 6.64. The third-order valence-electron chi connectivity index (χ3n) is 5.06. The highest BCUT2D eigenvalue weighted by Crippen LogP contribution is 2.44. The molecule has 3 aromatic rings. The molecule has 1 aliphatic carbocycles. The predicted octanol–water partition coefficient (Wildman–Crippen LogP) is 4.37. The number of alkyl carbamates (subject to hydrolysis) is 1. The van der Waals surface area contributed by atoms with Crippen molar-refractivity contribution < 1.29 is 14.3 Å². The van der Waals surface area contributed by atoms with E-state index in [1.54, 1.807) is 19.4 Å². The van der Waals surface area contributed by atoms with Crippen LogP contribution in [0, 0.1) is 11.8 Å². The van der Waals surface area contributed by atoms with Crippen LogP contribution in [-0.4, -0.2) is 31.3 Å². The highest BCUT2D eigenvalue weighted by molar-refractivity contribution is 5.79. The number of fused-ring (bicyclic) bond motifs is 3. The van der Waals surface area contributed by atoms with E-state index in [-0.39, 0.29) is 5.92 Å². The summed E-state index contributed by atoms with van der Waals surface area (Å²) in [4.78, 5) is 16.3. The van der Waals surface area contributed by atoms with Crippen LogP contribution in [-0.2, 0) is 4.74 Å². The fraction of sp³-hybridized carbons (Fsp3) is 0.200.